The van der Waals surface area contributed by atoms with Crippen LogP contribution in [0.2, 0.25) is 0 Å². The molecule has 1 aliphatic heterocycles. The molecule has 12 heteroatoms. The van der Waals surface area contributed by atoms with E-state index in [0.717, 1.165) is 24.3 Å². The number of hydrogen-bond donors (Lipinski definition) is 8. The Balaban J connectivity index is 1.91. The van der Waals surface area contributed by atoms with Crippen LogP contribution in [0.15, 0.2) is 39.5 Å². The molecule has 5 atom stereocenters. The number of benzene rings is 2. The predicted octanol–water partition coefficient (Wildman–Crippen LogP) is -0.539. The van der Waals surface area contributed by atoms with Gasteiger partial charge in [-0.1, -0.05) is 0 Å². The molecule has 1 fully saturated rings. The van der Waals surface area contributed by atoms with Crippen molar-refractivity contribution in [1.29, 1.82) is 0 Å². The van der Waals surface area contributed by atoms with Gasteiger partial charge in [0.2, 0.25) is 17.5 Å². The molecule has 0 bridgehead atoms. The number of aliphatic hydroxyl groups excluding tert-OH is 4. The first-order chi connectivity index (χ1) is 15.6. The molecule has 0 amide bonds. The topological polar surface area (TPSA) is 211 Å². The van der Waals surface area contributed by atoms with Crippen molar-refractivity contribution < 1.29 is 54.7 Å². The van der Waals surface area contributed by atoms with Crippen LogP contribution in [0.1, 0.15) is 0 Å². The largest absolute Gasteiger partial charge is 0.508 e. The third-order valence-corrected chi connectivity index (χ3v) is 5.24. The quantitative estimate of drug-likeness (QED) is 0.229. The molecule has 33 heavy (non-hydrogen) atoms. The molecule has 0 aliphatic carbocycles. The van der Waals surface area contributed by atoms with Gasteiger partial charge < -0.3 is 54.7 Å². The van der Waals surface area contributed by atoms with Gasteiger partial charge in [-0.2, -0.15) is 0 Å². The van der Waals surface area contributed by atoms with Crippen molar-refractivity contribution in [3.05, 3.63) is 40.6 Å². The Morgan fingerprint density at radius 3 is 2.27 bits per heavy atom. The predicted molar refractivity (Wildman–Crippen MR) is 109 cm³/mol. The summed E-state index contributed by atoms with van der Waals surface area (Å²) in [6.07, 6.45) is -8.40. The molecular formula is C21H20O12. The summed E-state index contributed by atoms with van der Waals surface area (Å²) >= 11 is 0. The lowest BCUT2D eigenvalue weighted by molar-refractivity contribution is -0.277. The second-order valence-corrected chi connectivity index (χ2v) is 7.45. The molecule has 8 N–H and O–H groups in total. The Kier molecular flexibility index (Phi) is 5.78. The van der Waals surface area contributed by atoms with Crippen LogP contribution in [-0.2, 0) is 4.74 Å². The SMILES string of the molecule is O=c1c(OC2O[C@@H](CO)[C@H](O)[C@H](O)[C@@H]2O)c(-c2ccc(O)c(O)c2)oc2cc(O)cc(O)c12. The van der Waals surface area contributed by atoms with Crippen molar-refractivity contribution in [2.24, 2.45) is 0 Å². The molecule has 12 nitrogen and oxygen atoms in total. The Labute approximate surface area is 184 Å². The smallest absolute Gasteiger partial charge is 0.239 e. The van der Waals surface area contributed by atoms with Crippen LogP contribution in [-0.4, -0.2) is 78.2 Å². The summed E-state index contributed by atoms with van der Waals surface area (Å²) in [7, 11) is 0. The van der Waals surface area contributed by atoms with Crippen molar-refractivity contribution in [1.82, 2.24) is 0 Å². The van der Waals surface area contributed by atoms with E-state index in [0.29, 0.717) is 0 Å². The van der Waals surface area contributed by atoms with Crippen LogP contribution in [0.5, 0.6) is 28.7 Å². The number of ether oxygens (including phenoxy) is 2. The molecule has 4 rings (SSSR count). The molecule has 2 aromatic carbocycles. The average molecular weight is 464 g/mol. The fourth-order valence-electron chi connectivity index (χ4n) is 3.51. The maximum Gasteiger partial charge on any atom is 0.239 e. The summed E-state index contributed by atoms with van der Waals surface area (Å²) in [5, 5.41) is 78.7. The van der Waals surface area contributed by atoms with Crippen LogP contribution in [0.3, 0.4) is 0 Å². The van der Waals surface area contributed by atoms with Crippen molar-refractivity contribution >= 4 is 11.0 Å². The Morgan fingerprint density at radius 2 is 1.61 bits per heavy atom. The standard InChI is InChI=1S/C21H20O12/c22-6-13-15(27)17(29)18(30)21(32-13)33-20-16(28)14-11(26)4-8(23)5-12(14)31-19(20)7-1-2-9(24)10(25)3-7/h1-5,13,15,17-18,21-27,29-30H,6H2/t13-,15-,17-,18-,21?/m0/s1. The monoisotopic (exact) mass is 464 g/mol. The Morgan fingerprint density at radius 1 is 0.879 bits per heavy atom. The summed E-state index contributed by atoms with van der Waals surface area (Å²) in [5.41, 5.74) is -1.19. The number of phenolic OH excluding ortho intramolecular Hbond substituents is 4. The first-order valence-corrected chi connectivity index (χ1v) is 9.64. The summed E-state index contributed by atoms with van der Waals surface area (Å²) in [5.74, 6) is -3.05. The van der Waals surface area contributed by atoms with Gasteiger partial charge in [0.05, 0.1) is 6.61 Å². The maximum atomic E-state index is 13.2. The summed E-state index contributed by atoms with van der Waals surface area (Å²) in [6, 6.07) is 5.36. The molecular weight excluding hydrogens is 444 g/mol. The van der Waals surface area contributed by atoms with Gasteiger partial charge in [-0.15, -0.1) is 0 Å². The van der Waals surface area contributed by atoms with Crippen molar-refractivity contribution in [2.45, 2.75) is 30.7 Å². The molecule has 2 heterocycles. The first kappa shape index (κ1) is 22.6. The Hall–Kier alpha value is -3.55. The van der Waals surface area contributed by atoms with E-state index in [-0.39, 0.29) is 22.3 Å². The molecule has 3 aromatic rings. The van der Waals surface area contributed by atoms with Gasteiger partial charge in [-0.05, 0) is 18.2 Å². The van der Waals surface area contributed by atoms with E-state index in [1.54, 1.807) is 0 Å². The number of hydrogen-bond acceptors (Lipinski definition) is 12. The van der Waals surface area contributed by atoms with Crippen LogP contribution in [0, 0.1) is 0 Å². The van der Waals surface area contributed by atoms with E-state index in [1.165, 1.54) is 6.07 Å². The molecule has 1 aliphatic rings. The van der Waals surface area contributed by atoms with Gasteiger partial charge in [-0.3, -0.25) is 4.79 Å². The molecule has 0 spiro atoms. The van der Waals surface area contributed by atoms with E-state index in [2.05, 4.69) is 0 Å². The Bertz CT molecular complexity index is 1250. The van der Waals surface area contributed by atoms with E-state index in [1.807, 2.05) is 0 Å². The lowest BCUT2D eigenvalue weighted by Crippen LogP contribution is -2.60. The number of rotatable bonds is 4. The molecule has 176 valence electrons. The highest BCUT2D eigenvalue weighted by atomic mass is 16.7. The molecule has 0 saturated carbocycles. The lowest BCUT2D eigenvalue weighted by Gasteiger charge is -2.39. The fourth-order valence-corrected chi connectivity index (χ4v) is 3.51. The van der Waals surface area contributed by atoms with E-state index >= 15 is 0 Å². The zero-order valence-corrected chi connectivity index (χ0v) is 16.7. The second kappa shape index (κ2) is 8.42. The zero-order valence-electron chi connectivity index (χ0n) is 16.7. The number of aliphatic hydroxyl groups is 4. The van der Waals surface area contributed by atoms with Gasteiger partial charge in [0.25, 0.3) is 0 Å². The van der Waals surface area contributed by atoms with Crippen LogP contribution in [0.25, 0.3) is 22.3 Å². The summed E-state index contributed by atoms with van der Waals surface area (Å²) in [4.78, 5) is 13.2. The third-order valence-electron chi connectivity index (χ3n) is 5.24. The van der Waals surface area contributed by atoms with E-state index < -0.39 is 71.5 Å². The highest BCUT2D eigenvalue weighted by Crippen LogP contribution is 2.39. The molecule has 1 saturated heterocycles. The molecule has 1 unspecified atom stereocenters. The van der Waals surface area contributed by atoms with Crippen molar-refractivity contribution in [2.75, 3.05) is 6.61 Å². The van der Waals surface area contributed by atoms with Gasteiger partial charge in [-0.25, -0.2) is 0 Å². The van der Waals surface area contributed by atoms with E-state index in [9.17, 15) is 45.6 Å². The minimum Gasteiger partial charge on any atom is -0.508 e. The third kappa shape index (κ3) is 3.90. The molecule has 0 radical (unpaired) electrons. The minimum absolute atomic E-state index is 0.0201. The van der Waals surface area contributed by atoms with E-state index in [4.69, 9.17) is 13.9 Å². The van der Waals surface area contributed by atoms with Crippen LogP contribution < -0.4 is 10.2 Å². The minimum atomic E-state index is -1.85. The van der Waals surface area contributed by atoms with Gasteiger partial charge in [0, 0.05) is 17.7 Å². The van der Waals surface area contributed by atoms with Crippen molar-refractivity contribution in [3.8, 4) is 40.1 Å². The van der Waals surface area contributed by atoms with Gasteiger partial charge in [0.15, 0.2) is 17.3 Å². The van der Waals surface area contributed by atoms with Crippen LogP contribution >= 0.6 is 0 Å². The van der Waals surface area contributed by atoms with Crippen molar-refractivity contribution in [3.63, 3.8) is 0 Å². The highest BCUT2D eigenvalue weighted by molar-refractivity contribution is 5.88. The summed E-state index contributed by atoms with van der Waals surface area (Å²) < 4.78 is 16.5. The second-order valence-electron chi connectivity index (χ2n) is 7.45. The first-order valence-electron chi connectivity index (χ1n) is 9.64. The number of aromatic hydroxyl groups is 4. The number of fused-ring (bicyclic) bond motifs is 1. The van der Waals surface area contributed by atoms with Crippen LogP contribution in [0.4, 0.5) is 0 Å². The highest BCUT2D eigenvalue weighted by Gasteiger charge is 2.45. The molecule has 1 aromatic heterocycles. The maximum absolute atomic E-state index is 13.2. The lowest BCUT2D eigenvalue weighted by atomic mass is 9.99. The van der Waals surface area contributed by atoms with Gasteiger partial charge in [0.1, 0.15) is 46.9 Å². The zero-order chi connectivity index (χ0) is 24.0. The normalized spacial score (nSPS) is 25.3. The number of phenols is 4. The van der Waals surface area contributed by atoms with Gasteiger partial charge >= 0.3 is 0 Å². The average Bonchev–Trinajstić information content (AvgIpc) is 2.76. The summed E-state index contributed by atoms with van der Waals surface area (Å²) in [6.45, 7) is -0.740. The fraction of sp³-hybridized carbons (Fsp3) is 0.286.